The molecule has 3 saturated carbocycles. The Morgan fingerprint density at radius 1 is 0.909 bits per heavy atom. The molecular weight excluding hydrogens is 272 g/mol. The highest BCUT2D eigenvalue weighted by atomic mass is 16.1. The van der Waals surface area contributed by atoms with Gasteiger partial charge in [-0.05, 0) is 67.3 Å². The second-order valence-corrected chi connectivity index (χ2v) is 9.02. The molecule has 4 aliphatic rings. The molecule has 0 aromatic rings. The summed E-state index contributed by atoms with van der Waals surface area (Å²) in [5, 5.41) is 0. The van der Waals surface area contributed by atoms with Crippen LogP contribution in [0.5, 0.6) is 0 Å². The molecule has 2 nitrogen and oxygen atoms in total. The zero-order valence-corrected chi connectivity index (χ0v) is 14.2. The summed E-state index contributed by atoms with van der Waals surface area (Å²) < 4.78 is 0. The van der Waals surface area contributed by atoms with Crippen LogP contribution in [0.4, 0.5) is 0 Å². The monoisotopic (exact) mass is 300 g/mol. The molecule has 0 bridgehead atoms. The summed E-state index contributed by atoms with van der Waals surface area (Å²) in [6, 6.07) is 0. The molecule has 0 radical (unpaired) electrons. The topological polar surface area (TPSA) is 34.1 Å². The van der Waals surface area contributed by atoms with Gasteiger partial charge in [-0.2, -0.15) is 0 Å². The molecule has 0 saturated heterocycles. The van der Waals surface area contributed by atoms with E-state index in [0.29, 0.717) is 29.8 Å². The first kappa shape index (κ1) is 14.7. The zero-order chi connectivity index (χ0) is 15.8. The van der Waals surface area contributed by atoms with Gasteiger partial charge in [-0.3, -0.25) is 9.59 Å². The van der Waals surface area contributed by atoms with E-state index in [2.05, 4.69) is 20.8 Å². The number of carbonyl (C=O) groups is 2. The van der Waals surface area contributed by atoms with Crippen LogP contribution in [-0.4, -0.2) is 11.6 Å². The fraction of sp³-hybridized carbons (Fsp3) is 0.800. The zero-order valence-electron chi connectivity index (χ0n) is 14.2. The molecule has 4 rings (SSSR count). The van der Waals surface area contributed by atoms with Crippen molar-refractivity contribution in [3.05, 3.63) is 11.6 Å². The molecule has 120 valence electrons. The van der Waals surface area contributed by atoms with Crippen molar-refractivity contribution in [2.75, 3.05) is 0 Å². The van der Waals surface area contributed by atoms with E-state index in [9.17, 15) is 9.59 Å². The smallest absolute Gasteiger partial charge is 0.155 e. The Kier molecular flexibility index (Phi) is 2.89. The fourth-order valence-corrected chi connectivity index (χ4v) is 6.69. The molecule has 0 amide bonds. The summed E-state index contributed by atoms with van der Waals surface area (Å²) in [4.78, 5) is 24.3. The Labute approximate surface area is 133 Å². The highest BCUT2D eigenvalue weighted by Crippen LogP contribution is 2.70. The molecule has 5 unspecified atom stereocenters. The molecule has 5 atom stereocenters. The molecule has 0 heterocycles. The summed E-state index contributed by atoms with van der Waals surface area (Å²) in [7, 11) is 0. The second-order valence-electron chi connectivity index (χ2n) is 9.02. The third-order valence-corrected chi connectivity index (χ3v) is 8.51. The number of fused-ring (bicyclic) bond motifs is 5. The first-order valence-electron chi connectivity index (χ1n) is 9.08. The fourth-order valence-electron chi connectivity index (χ4n) is 6.69. The standard InChI is InChI=1S/C20H28O2/c1-18-10-11-20(3)16(15(18)6-7-17(18)22)5-4-13-12-14(21)8-9-19(13,20)2/h12,15-16H,4-11H2,1-3H3. The van der Waals surface area contributed by atoms with Crippen molar-refractivity contribution in [3.8, 4) is 0 Å². The van der Waals surface area contributed by atoms with Crippen LogP contribution in [0, 0.1) is 28.1 Å². The summed E-state index contributed by atoms with van der Waals surface area (Å²) in [6.45, 7) is 7.13. The maximum Gasteiger partial charge on any atom is 0.155 e. The van der Waals surface area contributed by atoms with Gasteiger partial charge in [0.05, 0.1) is 0 Å². The predicted octanol–water partition coefficient (Wildman–Crippen LogP) is 4.48. The van der Waals surface area contributed by atoms with Gasteiger partial charge in [-0.1, -0.05) is 26.3 Å². The molecule has 0 spiro atoms. The SMILES string of the molecule is CC12CCC3(C)C(CCC4=CC(=O)CCC43C)C1CCC2=O. The van der Waals surface area contributed by atoms with Crippen LogP contribution in [0.25, 0.3) is 0 Å². The lowest BCUT2D eigenvalue weighted by molar-refractivity contribution is -0.142. The van der Waals surface area contributed by atoms with Gasteiger partial charge in [-0.15, -0.1) is 0 Å². The third kappa shape index (κ3) is 1.57. The third-order valence-electron chi connectivity index (χ3n) is 8.51. The van der Waals surface area contributed by atoms with Crippen LogP contribution in [0.2, 0.25) is 0 Å². The molecule has 22 heavy (non-hydrogen) atoms. The minimum atomic E-state index is -0.0494. The first-order chi connectivity index (χ1) is 10.3. The van der Waals surface area contributed by atoms with Crippen molar-refractivity contribution >= 4 is 11.6 Å². The number of carbonyl (C=O) groups excluding carboxylic acids is 2. The van der Waals surface area contributed by atoms with Crippen LogP contribution in [0.1, 0.15) is 72.1 Å². The summed E-state index contributed by atoms with van der Waals surface area (Å²) in [5.74, 6) is 2.08. The molecule has 0 aliphatic heterocycles. The minimum Gasteiger partial charge on any atom is -0.299 e. The maximum atomic E-state index is 12.5. The predicted molar refractivity (Wildman–Crippen MR) is 86.3 cm³/mol. The van der Waals surface area contributed by atoms with E-state index in [1.54, 1.807) is 0 Å². The van der Waals surface area contributed by atoms with Gasteiger partial charge in [-0.25, -0.2) is 0 Å². The Morgan fingerprint density at radius 3 is 2.41 bits per heavy atom. The molecule has 4 aliphatic carbocycles. The molecule has 0 N–H and O–H groups in total. The van der Waals surface area contributed by atoms with Crippen molar-refractivity contribution in [2.24, 2.45) is 28.1 Å². The van der Waals surface area contributed by atoms with Crippen molar-refractivity contribution in [2.45, 2.75) is 72.1 Å². The highest BCUT2D eigenvalue weighted by molar-refractivity contribution is 5.91. The van der Waals surface area contributed by atoms with Crippen molar-refractivity contribution in [3.63, 3.8) is 0 Å². The quantitative estimate of drug-likeness (QED) is 0.661. The largest absolute Gasteiger partial charge is 0.299 e. The summed E-state index contributed by atoms with van der Waals surface area (Å²) in [5.41, 5.74) is 1.81. The molecule has 2 heteroatoms. The number of ketones is 2. The Morgan fingerprint density at radius 2 is 1.64 bits per heavy atom. The van der Waals surface area contributed by atoms with E-state index in [0.717, 1.165) is 38.5 Å². The highest BCUT2D eigenvalue weighted by Gasteiger charge is 2.64. The number of allylic oxidation sites excluding steroid dienone is 1. The lowest BCUT2D eigenvalue weighted by atomic mass is 9.40. The van der Waals surface area contributed by atoms with Gasteiger partial charge in [0, 0.05) is 18.3 Å². The van der Waals surface area contributed by atoms with E-state index < -0.39 is 0 Å². The normalized spacial score (nSPS) is 51.0. The van der Waals surface area contributed by atoms with Crippen LogP contribution in [0.15, 0.2) is 11.6 Å². The maximum absolute atomic E-state index is 12.5. The molecule has 0 aromatic carbocycles. The summed E-state index contributed by atoms with van der Waals surface area (Å²) in [6.07, 6.45) is 10.1. The molecule has 0 aromatic heterocycles. The van der Waals surface area contributed by atoms with Gasteiger partial charge in [0.15, 0.2) is 5.78 Å². The van der Waals surface area contributed by atoms with E-state index >= 15 is 0 Å². The molecular formula is C20H28O2. The van der Waals surface area contributed by atoms with Gasteiger partial charge in [0.2, 0.25) is 0 Å². The van der Waals surface area contributed by atoms with E-state index in [-0.39, 0.29) is 16.2 Å². The van der Waals surface area contributed by atoms with E-state index in [1.165, 1.54) is 12.0 Å². The number of hydrogen-bond acceptors (Lipinski definition) is 2. The van der Waals surface area contributed by atoms with E-state index in [1.807, 2.05) is 6.08 Å². The van der Waals surface area contributed by atoms with Crippen LogP contribution in [-0.2, 0) is 9.59 Å². The average molecular weight is 300 g/mol. The van der Waals surface area contributed by atoms with Crippen LogP contribution < -0.4 is 0 Å². The van der Waals surface area contributed by atoms with Gasteiger partial charge < -0.3 is 0 Å². The van der Waals surface area contributed by atoms with Crippen LogP contribution in [0.3, 0.4) is 0 Å². The van der Waals surface area contributed by atoms with Gasteiger partial charge >= 0.3 is 0 Å². The Bertz CT molecular complexity index is 589. The summed E-state index contributed by atoms with van der Waals surface area (Å²) >= 11 is 0. The Balaban J connectivity index is 1.78. The van der Waals surface area contributed by atoms with Crippen molar-refractivity contribution in [1.82, 2.24) is 0 Å². The van der Waals surface area contributed by atoms with Crippen molar-refractivity contribution < 1.29 is 9.59 Å². The van der Waals surface area contributed by atoms with Gasteiger partial charge in [0.25, 0.3) is 0 Å². The number of hydrogen-bond donors (Lipinski definition) is 0. The molecule has 3 fully saturated rings. The number of rotatable bonds is 0. The average Bonchev–Trinajstić information content (AvgIpc) is 2.77. The lowest BCUT2D eigenvalue weighted by Gasteiger charge is -2.63. The van der Waals surface area contributed by atoms with E-state index in [4.69, 9.17) is 0 Å². The van der Waals surface area contributed by atoms with Crippen molar-refractivity contribution in [1.29, 1.82) is 0 Å². The minimum absolute atomic E-state index is 0.0494. The second kappa shape index (κ2) is 4.33. The van der Waals surface area contributed by atoms with Gasteiger partial charge in [0.1, 0.15) is 5.78 Å². The van der Waals surface area contributed by atoms with Crippen LogP contribution >= 0.6 is 0 Å². The Hall–Kier alpha value is -0.920. The first-order valence-corrected chi connectivity index (χ1v) is 9.08. The lowest BCUT2D eigenvalue weighted by Crippen LogP contribution is -2.57. The number of Topliss-reactive ketones (excluding diaryl/α,β-unsaturated/α-hetero) is 1.